The van der Waals surface area contributed by atoms with Gasteiger partial charge in [-0.3, -0.25) is 13.9 Å². The predicted molar refractivity (Wildman–Crippen MR) is 77.9 cm³/mol. The number of hydrogen-bond acceptors (Lipinski definition) is 3. The van der Waals surface area contributed by atoms with Crippen molar-refractivity contribution in [1.82, 2.24) is 18.7 Å². The average Bonchev–Trinajstić information content (AvgIpc) is 2.81. The van der Waals surface area contributed by atoms with Crippen molar-refractivity contribution in [1.29, 1.82) is 0 Å². The van der Waals surface area contributed by atoms with Crippen LogP contribution in [-0.4, -0.2) is 24.0 Å². The predicted octanol–water partition coefficient (Wildman–Crippen LogP) is 1.09. The van der Waals surface area contributed by atoms with Gasteiger partial charge in [-0.1, -0.05) is 22.9 Å². The molecule has 104 valence electrons. The largest absolute Gasteiger partial charge is 0.332 e. The number of imidazole rings is 1. The molecule has 0 N–H and O–H groups in total. The van der Waals surface area contributed by atoms with Gasteiger partial charge in [-0.15, -0.1) is 0 Å². The summed E-state index contributed by atoms with van der Waals surface area (Å²) in [6.45, 7) is 3.18. The van der Waals surface area contributed by atoms with Gasteiger partial charge in [-0.2, -0.15) is 0 Å². The fourth-order valence-corrected chi connectivity index (χ4v) is 2.40. The van der Waals surface area contributed by atoms with E-state index in [0.29, 0.717) is 17.7 Å². The summed E-state index contributed by atoms with van der Waals surface area (Å²) in [5, 5.41) is 0.759. The molecule has 19 heavy (non-hydrogen) atoms. The molecule has 2 rings (SSSR count). The van der Waals surface area contributed by atoms with Gasteiger partial charge >= 0.3 is 5.69 Å². The maximum atomic E-state index is 12.4. The van der Waals surface area contributed by atoms with E-state index in [0.717, 1.165) is 24.7 Å². The van der Waals surface area contributed by atoms with E-state index in [1.54, 1.807) is 13.4 Å². The molecule has 0 aliphatic carbocycles. The highest BCUT2D eigenvalue weighted by atomic mass is 79.9. The van der Waals surface area contributed by atoms with Crippen LogP contribution in [0.5, 0.6) is 0 Å². The smallest absolute Gasteiger partial charge is 0.325 e. The quantitative estimate of drug-likeness (QED) is 0.772. The van der Waals surface area contributed by atoms with Crippen molar-refractivity contribution in [3.05, 3.63) is 27.2 Å². The van der Waals surface area contributed by atoms with Crippen LogP contribution >= 0.6 is 15.9 Å². The molecule has 0 aliphatic heterocycles. The van der Waals surface area contributed by atoms with E-state index in [1.165, 1.54) is 9.13 Å². The zero-order valence-electron chi connectivity index (χ0n) is 11.1. The minimum absolute atomic E-state index is 0.245. The number of halogens is 1. The molecule has 0 unspecified atom stereocenters. The van der Waals surface area contributed by atoms with Crippen molar-refractivity contribution < 1.29 is 0 Å². The van der Waals surface area contributed by atoms with Crippen LogP contribution in [0.15, 0.2) is 15.9 Å². The van der Waals surface area contributed by atoms with Gasteiger partial charge in [0.05, 0.1) is 6.33 Å². The molecule has 0 saturated heterocycles. The van der Waals surface area contributed by atoms with Gasteiger partial charge in [0.25, 0.3) is 5.56 Å². The number of nitrogens with zero attached hydrogens (tertiary/aromatic N) is 4. The van der Waals surface area contributed by atoms with Crippen molar-refractivity contribution in [3.8, 4) is 0 Å². The molecule has 0 bridgehead atoms. The third-order valence-electron chi connectivity index (χ3n) is 3.08. The molecule has 2 heterocycles. The summed E-state index contributed by atoms with van der Waals surface area (Å²) in [4.78, 5) is 28.8. The van der Waals surface area contributed by atoms with Gasteiger partial charge in [0.15, 0.2) is 11.2 Å². The first-order valence-corrected chi connectivity index (χ1v) is 7.44. The second kappa shape index (κ2) is 5.73. The highest BCUT2D eigenvalue weighted by Crippen LogP contribution is 2.06. The Morgan fingerprint density at radius 2 is 2.05 bits per heavy atom. The molecule has 7 heteroatoms. The average molecular weight is 329 g/mol. The first kappa shape index (κ1) is 14.0. The minimum Gasteiger partial charge on any atom is -0.325 e. The third-order valence-corrected chi connectivity index (χ3v) is 3.64. The Morgan fingerprint density at radius 1 is 1.32 bits per heavy atom. The molecule has 0 saturated carbocycles. The van der Waals surface area contributed by atoms with Crippen LogP contribution in [0.3, 0.4) is 0 Å². The van der Waals surface area contributed by atoms with E-state index in [2.05, 4.69) is 20.9 Å². The maximum absolute atomic E-state index is 12.4. The van der Waals surface area contributed by atoms with Gasteiger partial charge < -0.3 is 4.57 Å². The summed E-state index contributed by atoms with van der Waals surface area (Å²) in [6.07, 6.45) is 3.28. The summed E-state index contributed by atoms with van der Waals surface area (Å²) in [7, 11) is 1.65. The summed E-state index contributed by atoms with van der Waals surface area (Å²) >= 11 is 3.31. The Labute approximate surface area is 118 Å². The molecule has 0 radical (unpaired) electrons. The summed E-state index contributed by atoms with van der Waals surface area (Å²) in [6, 6.07) is 0. The van der Waals surface area contributed by atoms with E-state index in [9.17, 15) is 9.59 Å². The molecule has 0 spiro atoms. The number of fused-ring (bicyclic) bond motifs is 1. The minimum atomic E-state index is -0.305. The normalized spacial score (nSPS) is 11.3. The Hall–Kier alpha value is -1.37. The number of aromatic nitrogens is 4. The molecule has 0 aliphatic rings. The van der Waals surface area contributed by atoms with E-state index in [-0.39, 0.29) is 11.2 Å². The number of aryl methyl sites for hydroxylation is 2. The van der Waals surface area contributed by atoms with Gasteiger partial charge in [-0.25, -0.2) is 9.78 Å². The second-order valence-corrected chi connectivity index (χ2v) is 5.24. The molecule has 2 aromatic heterocycles. The summed E-state index contributed by atoms with van der Waals surface area (Å²) in [5.74, 6) is 0. The lowest BCUT2D eigenvalue weighted by Crippen LogP contribution is -2.39. The molecule has 0 fully saturated rings. The third kappa shape index (κ3) is 2.39. The van der Waals surface area contributed by atoms with Crippen LogP contribution in [0.4, 0.5) is 0 Å². The molecule has 2 aromatic rings. The Bertz CT molecular complexity index is 698. The molecular weight excluding hydrogens is 312 g/mol. The molecular formula is C12H17BrN4O2. The summed E-state index contributed by atoms with van der Waals surface area (Å²) < 4.78 is 4.55. The lowest BCUT2D eigenvalue weighted by molar-refractivity contribution is 0.592. The number of alkyl halides is 1. The van der Waals surface area contributed by atoms with Crippen molar-refractivity contribution in [2.24, 2.45) is 7.05 Å². The first-order chi connectivity index (χ1) is 9.11. The Kier molecular flexibility index (Phi) is 4.24. The number of hydrogen-bond donors (Lipinski definition) is 0. The second-order valence-electron chi connectivity index (χ2n) is 4.45. The standard InChI is InChI=1S/C12H17BrN4O2/c1-3-6-16-8-14-10-9(16)11(18)17(7-4-5-13)12(19)15(10)2/h8H,3-7H2,1-2H3. The van der Waals surface area contributed by atoms with Gasteiger partial charge in [-0.05, 0) is 12.8 Å². The van der Waals surface area contributed by atoms with Gasteiger partial charge in [0.1, 0.15) is 0 Å². The van der Waals surface area contributed by atoms with Crippen LogP contribution in [0.25, 0.3) is 11.2 Å². The van der Waals surface area contributed by atoms with Crippen molar-refractivity contribution >= 4 is 27.1 Å². The monoisotopic (exact) mass is 328 g/mol. The van der Waals surface area contributed by atoms with E-state index >= 15 is 0 Å². The van der Waals surface area contributed by atoms with E-state index < -0.39 is 0 Å². The van der Waals surface area contributed by atoms with Gasteiger partial charge in [0, 0.05) is 25.5 Å². The Morgan fingerprint density at radius 3 is 2.68 bits per heavy atom. The first-order valence-electron chi connectivity index (χ1n) is 6.32. The maximum Gasteiger partial charge on any atom is 0.332 e. The highest BCUT2D eigenvalue weighted by molar-refractivity contribution is 9.09. The van der Waals surface area contributed by atoms with Crippen LogP contribution in [0, 0.1) is 0 Å². The molecule has 6 nitrogen and oxygen atoms in total. The SMILES string of the molecule is CCCn1cnc2c1c(=O)n(CCCBr)c(=O)n2C. The van der Waals surface area contributed by atoms with Gasteiger partial charge in [0.2, 0.25) is 0 Å². The van der Waals surface area contributed by atoms with Crippen molar-refractivity contribution in [3.63, 3.8) is 0 Å². The fraction of sp³-hybridized carbons (Fsp3) is 0.583. The van der Waals surface area contributed by atoms with Crippen LogP contribution in [0.2, 0.25) is 0 Å². The van der Waals surface area contributed by atoms with Crippen LogP contribution in [0.1, 0.15) is 19.8 Å². The van der Waals surface area contributed by atoms with Crippen molar-refractivity contribution in [2.45, 2.75) is 32.9 Å². The molecule has 0 aromatic carbocycles. The van der Waals surface area contributed by atoms with E-state index in [1.807, 2.05) is 11.5 Å². The van der Waals surface area contributed by atoms with Crippen LogP contribution in [-0.2, 0) is 20.1 Å². The zero-order chi connectivity index (χ0) is 14.0. The lowest BCUT2D eigenvalue weighted by Gasteiger charge is -2.08. The topological polar surface area (TPSA) is 61.8 Å². The molecule has 0 amide bonds. The van der Waals surface area contributed by atoms with Crippen LogP contribution < -0.4 is 11.2 Å². The summed E-state index contributed by atoms with van der Waals surface area (Å²) in [5.41, 5.74) is 0.419. The molecule has 0 atom stereocenters. The fourth-order valence-electron chi connectivity index (χ4n) is 2.15. The lowest BCUT2D eigenvalue weighted by atomic mass is 10.4. The highest BCUT2D eigenvalue weighted by Gasteiger charge is 2.15. The van der Waals surface area contributed by atoms with E-state index in [4.69, 9.17) is 0 Å². The number of rotatable bonds is 5. The Balaban J connectivity index is 2.73. The van der Waals surface area contributed by atoms with Crippen molar-refractivity contribution in [2.75, 3.05) is 5.33 Å². The zero-order valence-corrected chi connectivity index (χ0v) is 12.7.